The summed E-state index contributed by atoms with van der Waals surface area (Å²) in [4.78, 5) is 24.0. The zero-order valence-corrected chi connectivity index (χ0v) is 16.1. The van der Waals surface area contributed by atoms with Crippen LogP contribution in [0.4, 0.5) is 5.69 Å². The van der Waals surface area contributed by atoms with Crippen LogP contribution < -0.4 is 4.90 Å². The molecule has 150 valence electrons. The van der Waals surface area contributed by atoms with Gasteiger partial charge in [-0.1, -0.05) is 18.4 Å². The van der Waals surface area contributed by atoms with Crippen LogP contribution in [0.15, 0.2) is 30.4 Å². The Morgan fingerprint density at radius 2 is 1.57 bits per heavy atom. The summed E-state index contributed by atoms with van der Waals surface area (Å²) in [6, 6.07) is 7.13. The van der Waals surface area contributed by atoms with Crippen molar-refractivity contribution in [2.45, 2.75) is 32.1 Å². The first-order valence-corrected chi connectivity index (χ1v) is 9.66. The van der Waals surface area contributed by atoms with Crippen molar-refractivity contribution in [3.8, 4) is 12.3 Å². The molecule has 2 N–H and O–H groups in total. The maximum Gasteiger partial charge on any atom is 0.328 e. The summed E-state index contributed by atoms with van der Waals surface area (Å²) in [6.07, 6.45) is 13.1. The zero-order chi connectivity index (χ0) is 20.4. The van der Waals surface area contributed by atoms with Gasteiger partial charge in [-0.2, -0.15) is 0 Å². The lowest BCUT2D eigenvalue weighted by molar-refractivity contribution is -0.134. The predicted molar refractivity (Wildman–Crippen MR) is 110 cm³/mol. The molecule has 6 nitrogen and oxygen atoms in total. The summed E-state index contributed by atoms with van der Waals surface area (Å²) >= 11 is 0. The molecule has 1 aliphatic heterocycles. The van der Waals surface area contributed by atoms with E-state index in [0.29, 0.717) is 12.2 Å². The lowest BCUT2D eigenvalue weighted by Crippen LogP contribution is -2.46. The molecule has 1 aromatic rings. The minimum absolute atomic E-state index is 0.558. The van der Waals surface area contributed by atoms with Gasteiger partial charge in [-0.05, 0) is 48.9 Å². The molecule has 1 aromatic carbocycles. The maximum absolute atomic E-state index is 9.55. The summed E-state index contributed by atoms with van der Waals surface area (Å²) in [7, 11) is 0. The Bertz CT molecular complexity index is 727. The van der Waals surface area contributed by atoms with E-state index in [2.05, 4.69) is 33.9 Å². The number of carboxylic acid groups (broad SMARTS) is 2. The fraction of sp³-hybridized carbons (Fsp3) is 0.455. The van der Waals surface area contributed by atoms with Crippen LogP contribution >= 0.6 is 0 Å². The number of hydrogen-bond acceptors (Lipinski definition) is 4. The molecular weight excluding hydrogens is 356 g/mol. The monoisotopic (exact) mass is 384 g/mol. The summed E-state index contributed by atoms with van der Waals surface area (Å²) in [5.41, 5.74) is 4.58. The van der Waals surface area contributed by atoms with Crippen LogP contribution in [-0.4, -0.2) is 59.8 Å². The molecule has 0 radical (unpaired) electrons. The van der Waals surface area contributed by atoms with Crippen molar-refractivity contribution in [2.24, 2.45) is 0 Å². The zero-order valence-electron chi connectivity index (χ0n) is 16.1. The molecule has 2 aliphatic rings. The van der Waals surface area contributed by atoms with Gasteiger partial charge in [0.25, 0.3) is 0 Å². The Morgan fingerprint density at radius 3 is 2.14 bits per heavy atom. The van der Waals surface area contributed by atoms with Gasteiger partial charge in [0, 0.05) is 44.0 Å². The molecule has 1 aliphatic carbocycles. The second-order valence-electron chi connectivity index (χ2n) is 6.99. The molecule has 0 aromatic heterocycles. The molecule has 0 unspecified atom stereocenters. The van der Waals surface area contributed by atoms with E-state index in [9.17, 15) is 9.59 Å². The molecule has 0 saturated carbocycles. The SMILES string of the molecule is C#CCN1CCN(c2ccc3c(c2)CCCCC3)CC1.O=C(O)/C=C/C(=O)O. The first-order chi connectivity index (χ1) is 13.5. The topological polar surface area (TPSA) is 81.1 Å². The Balaban J connectivity index is 0.000000300. The van der Waals surface area contributed by atoms with Crippen molar-refractivity contribution < 1.29 is 19.8 Å². The molecule has 1 saturated heterocycles. The van der Waals surface area contributed by atoms with Gasteiger partial charge in [0.1, 0.15) is 0 Å². The maximum atomic E-state index is 9.55. The van der Waals surface area contributed by atoms with E-state index in [1.807, 2.05) is 0 Å². The fourth-order valence-corrected chi connectivity index (χ4v) is 3.53. The number of carbonyl (C=O) groups is 2. The number of terminal acetylenes is 1. The molecule has 1 heterocycles. The number of carboxylic acids is 2. The standard InChI is InChI=1S/C18H24N2.C4H4O4/c1-2-10-19-11-13-20(14-12-19)18-9-8-16-6-4-3-5-7-17(16)15-18;5-3(6)1-2-4(7)8/h1,8-9,15H,3-7,10-14H2;1-2H,(H,5,6)(H,7,8)/b;2-1+. The lowest BCUT2D eigenvalue weighted by atomic mass is 10.0. The minimum Gasteiger partial charge on any atom is -0.478 e. The minimum atomic E-state index is -1.26. The molecule has 1 fully saturated rings. The van der Waals surface area contributed by atoms with Gasteiger partial charge in [-0.15, -0.1) is 6.42 Å². The Morgan fingerprint density at radius 1 is 0.964 bits per heavy atom. The van der Waals surface area contributed by atoms with Gasteiger partial charge in [0.15, 0.2) is 0 Å². The first-order valence-electron chi connectivity index (χ1n) is 9.66. The van der Waals surface area contributed by atoms with Gasteiger partial charge < -0.3 is 15.1 Å². The Hall–Kier alpha value is -2.78. The number of fused-ring (bicyclic) bond motifs is 1. The number of piperazine rings is 1. The quantitative estimate of drug-likeness (QED) is 0.471. The predicted octanol–water partition coefficient (Wildman–Crippen LogP) is 2.42. The molecular formula is C22H28N2O4. The Kier molecular flexibility index (Phi) is 8.57. The summed E-state index contributed by atoms with van der Waals surface area (Å²) in [5, 5.41) is 15.6. The van der Waals surface area contributed by atoms with E-state index in [-0.39, 0.29) is 0 Å². The molecule has 0 amide bonds. The van der Waals surface area contributed by atoms with Crippen LogP contribution in [0, 0.1) is 12.3 Å². The van der Waals surface area contributed by atoms with Crippen molar-refractivity contribution >= 4 is 17.6 Å². The normalized spacial score (nSPS) is 17.0. The Labute approximate surface area is 166 Å². The van der Waals surface area contributed by atoms with E-state index in [1.165, 1.54) is 37.8 Å². The fourth-order valence-electron chi connectivity index (χ4n) is 3.53. The van der Waals surface area contributed by atoms with Crippen molar-refractivity contribution in [1.29, 1.82) is 0 Å². The van der Waals surface area contributed by atoms with Crippen LogP contribution in [0.25, 0.3) is 0 Å². The van der Waals surface area contributed by atoms with E-state index in [1.54, 1.807) is 11.1 Å². The van der Waals surface area contributed by atoms with Crippen molar-refractivity contribution in [3.63, 3.8) is 0 Å². The third-order valence-corrected chi connectivity index (χ3v) is 5.00. The molecule has 0 bridgehead atoms. The van der Waals surface area contributed by atoms with Crippen LogP contribution in [0.2, 0.25) is 0 Å². The molecule has 28 heavy (non-hydrogen) atoms. The van der Waals surface area contributed by atoms with E-state index in [4.69, 9.17) is 16.6 Å². The molecule has 3 rings (SSSR count). The van der Waals surface area contributed by atoms with Crippen LogP contribution in [0.5, 0.6) is 0 Å². The van der Waals surface area contributed by atoms with Gasteiger partial charge in [0.05, 0.1) is 6.54 Å². The molecule has 0 atom stereocenters. The summed E-state index contributed by atoms with van der Waals surface area (Å²) in [5.74, 6) is 0.233. The number of hydrogen-bond donors (Lipinski definition) is 2. The smallest absolute Gasteiger partial charge is 0.328 e. The van der Waals surface area contributed by atoms with Crippen LogP contribution in [-0.2, 0) is 22.4 Å². The van der Waals surface area contributed by atoms with Gasteiger partial charge in [-0.25, -0.2) is 9.59 Å². The molecule has 6 heteroatoms. The number of aryl methyl sites for hydroxylation is 2. The summed E-state index contributed by atoms with van der Waals surface area (Å²) in [6.45, 7) is 5.15. The van der Waals surface area contributed by atoms with Gasteiger partial charge in [0.2, 0.25) is 0 Å². The third kappa shape index (κ3) is 7.09. The number of anilines is 1. The van der Waals surface area contributed by atoms with E-state index >= 15 is 0 Å². The first kappa shape index (κ1) is 21.5. The summed E-state index contributed by atoms with van der Waals surface area (Å²) < 4.78 is 0. The number of rotatable bonds is 4. The molecule has 0 spiro atoms. The van der Waals surface area contributed by atoms with Gasteiger partial charge >= 0.3 is 11.9 Å². The van der Waals surface area contributed by atoms with Crippen molar-refractivity contribution in [3.05, 3.63) is 41.5 Å². The lowest BCUT2D eigenvalue weighted by Gasteiger charge is -2.35. The second kappa shape index (κ2) is 11.2. The second-order valence-corrected chi connectivity index (χ2v) is 6.99. The van der Waals surface area contributed by atoms with Crippen LogP contribution in [0.3, 0.4) is 0 Å². The van der Waals surface area contributed by atoms with Gasteiger partial charge in [-0.3, -0.25) is 4.90 Å². The van der Waals surface area contributed by atoms with Crippen molar-refractivity contribution in [2.75, 3.05) is 37.6 Å². The number of benzene rings is 1. The number of aliphatic carboxylic acids is 2. The third-order valence-electron chi connectivity index (χ3n) is 5.00. The van der Waals surface area contributed by atoms with E-state index < -0.39 is 11.9 Å². The van der Waals surface area contributed by atoms with E-state index in [0.717, 1.165) is 32.7 Å². The highest BCUT2D eigenvalue weighted by Gasteiger charge is 2.17. The highest BCUT2D eigenvalue weighted by atomic mass is 16.4. The highest BCUT2D eigenvalue weighted by molar-refractivity contribution is 5.89. The largest absolute Gasteiger partial charge is 0.478 e. The average molecular weight is 384 g/mol. The average Bonchev–Trinajstić information content (AvgIpc) is 2.92. The van der Waals surface area contributed by atoms with Crippen LogP contribution in [0.1, 0.15) is 30.4 Å². The highest BCUT2D eigenvalue weighted by Crippen LogP contribution is 2.26. The van der Waals surface area contributed by atoms with Crippen molar-refractivity contribution in [1.82, 2.24) is 4.90 Å². The number of nitrogens with zero attached hydrogens (tertiary/aromatic N) is 2.